The summed E-state index contributed by atoms with van der Waals surface area (Å²) in [5.74, 6) is 0.280. The summed E-state index contributed by atoms with van der Waals surface area (Å²) in [5.41, 5.74) is 0.288. The van der Waals surface area contributed by atoms with Crippen LogP contribution in [0.5, 0.6) is 5.75 Å². The van der Waals surface area contributed by atoms with Crippen LogP contribution in [0, 0.1) is 0 Å². The van der Waals surface area contributed by atoms with Crippen molar-refractivity contribution in [3.63, 3.8) is 0 Å². The van der Waals surface area contributed by atoms with Gasteiger partial charge in [-0.3, -0.25) is 0 Å². The second kappa shape index (κ2) is 8.57. The Bertz CT molecular complexity index is 776. The molecule has 146 valence electrons. The first kappa shape index (κ1) is 20.3. The largest absolute Gasteiger partial charge is 0.497 e. The van der Waals surface area contributed by atoms with Crippen molar-refractivity contribution in [2.24, 2.45) is 0 Å². The number of carbonyl (C=O) groups excluding carboxylic acids is 2. The van der Waals surface area contributed by atoms with E-state index < -0.39 is 23.7 Å². The molecule has 1 aromatic heterocycles. The van der Waals surface area contributed by atoms with Gasteiger partial charge in [-0.25, -0.2) is 14.6 Å². The van der Waals surface area contributed by atoms with Crippen molar-refractivity contribution in [1.29, 1.82) is 0 Å². The quantitative estimate of drug-likeness (QED) is 0.772. The highest BCUT2D eigenvalue weighted by Crippen LogP contribution is 2.21. The van der Waals surface area contributed by atoms with Gasteiger partial charge in [0.05, 0.1) is 14.2 Å². The molecule has 1 N–H and O–H groups in total. The van der Waals surface area contributed by atoms with Gasteiger partial charge in [-0.05, 0) is 38.5 Å². The van der Waals surface area contributed by atoms with Crippen LogP contribution in [0.3, 0.4) is 0 Å². The second-order valence-corrected chi connectivity index (χ2v) is 6.81. The molecule has 2 aromatic rings. The molecule has 1 heterocycles. The molecule has 0 saturated heterocycles. The number of benzene rings is 1. The highest BCUT2D eigenvalue weighted by Gasteiger charge is 2.25. The van der Waals surface area contributed by atoms with Gasteiger partial charge in [-0.15, -0.1) is 0 Å². The first-order valence-electron chi connectivity index (χ1n) is 8.38. The molecule has 0 fully saturated rings. The minimum Gasteiger partial charge on any atom is -0.497 e. The molecule has 1 unspecified atom stereocenters. The SMILES string of the molecule is COC(=O)c1coc(C(Cc2ccc(OC)cc2)NC(=O)OC(C)(C)C)n1. The standard InChI is InChI=1S/C19H24N2O6/c1-19(2,3)27-18(23)21-14(10-12-6-8-13(24-4)9-7-12)16-20-15(11-26-16)17(22)25-5/h6-9,11,14H,10H2,1-5H3,(H,21,23). The van der Waals surface area contributed by atoms with Gasteiger partial charge in [-0.2, -0.15) is 0 Å². The zero-order valence-corrected chi connectivity index (χ0v) is 16.1. The second-order valence-electron chi connectivity index (χ2n) is 6.81. The van der Waals surface area contributed by atoms with Crippen LogP contribution in [0.15, 0.2) is 34.9 Å². The Balaban J connectivity index is 2.22. The van der Waals surface area contributed by atoms with E-state index in [4.69, 9.17) is 13.9 Å². The van der Waals surface area contributed by atoms with E-state index in [1.54, 1.807) is 27.9 Å². The van der Waals surface area contributed by atoms with E-state index in [9.17, 15) is 9.59 Å². The lowest BCUT2D eigenvalue weighted by Crippen LogP contribution is -2.36. The number of methoxy groups -OCH3 is 2. The third-order valence-electron chi connectivity index (χ3n) is 3.50. The van der Waals surface area contributed by atoms with Gasteiger partial charge in [0.25, 0.3) is 0 Å². The first-order valence-corrected chi connectivity index (χ1v) is 8.38. The van der Waals surface area contributed by atoms with Gasteiger partial charge in [0.15, 0.2) is 5.69 Å². The Kier molecular flexibility index (Phi) is 6.44. The first-order chi connectivity index (χ1) is 12.7. The molecule has 2 rings (SSSR count). The third-order valence-corrected chi connectivity index (χ3v) is 3.50. The Hall–Kier alpha value is -3.03. The van der Waals surface area contributed by atoms with Crippen LogP contribution in [-0.2, 0) is 15.9 Å². The van der Waals surface area contributed by atoms with Crippen LogP contribution in [0.1, 0.15) is 48.8 Å². The van der Waals surface area contributed by atoms with Crippen molar-refractivity contribution >= 4 is 12.1 Å². The van der Waals surface area contributed by atoms with Gasteiger partial charge >= 0.3 is 12.1 Å². The molecule has 0 aliphatic heterocycles. The summed E-state index contributed by atoms with van der Waals surface area (Å²) in [6.07, 6.45) is 0.961. The van der Waals surface area contributed by atoms with E-state index in [0.717, 1.165) is 11.3 Å². The van der Waals surface area contributed by atoms with Crippen LogP contribution >= 0.6 is 0 Å². The molecule has 0 bridgehead atoms. The summed E-state index contributed by atoms with van der Waals surface area (Å²) in [6, 6.07) is 6.73. The number of carbonyl (C=O) groups is 2. The predicted molar refractivity (Wildman–Crippen MR) is 96.7 cm³/mol. The van der Waals surface area contributed by atoms with Gasteiger partial charge in [-0.1, -0.05) is 12.1 Å². The summed E-state index contributed by atoms with van der Waals surface area (Å²) < 4.78 is 20.5. The molecular formula is C19H24N2O6. The number of esters is 1. The fourth-order valence-electron chi connectivity index (χ4n) is 2.29. The molecule has 27 heavy (non-hydrogen) atoms. The van der Waals surface area contributed by atoms with Crippen molar-refractivity contribution in [3.05, 3.63) is 47.7 Å². The smallest absolute Gasteiger partial charge is 0.408 e. The fraction of sp³-hybridized carbons (Fsp3) is 0.421. The van der Waals surface area contributed by atoms with E-state index in [1.165, 1.54) is 13.4 Å². The van der Waals surface area contributed by atoms with Crippen LogP contribution in [0.2, 0.25) is 0 Å². The molecule has 0 aliphatic carbocycles. The van der Waals surface area contributed by atoms with Crippen molar-refractivity contribution in [2.75, 3.05) is 14.2 Å². The van der Waals surface area contributed by atoms with Crippen LogP contribution in [-0.4, -0.2) is 36.9 Å². The predicted octanol–water partition coefficient (Wildman–Crippen LogP) is 3.28. The number of nitrogens with one attached hydrogen (secondary N) is 1. The number of hydrogen-bond donors (Lipinski definition) is 1. The maximum Gasteiger partial charge on any atom is 0.408 e. The van der Waals surface area contributed by atoms with E-state index >= 15 is 0 Å². The number of hydrogen-bond acceptors (Lipinski definition) is 7. The zero-order valence-electron chi connectivity index (χ0n) is 16.1. The summed E-state index contributed by atoms with van der Waals surface area (Å²) in [6.45, 7) is 5.31. The number of amides is 1. The van der Waals surface area contributed by atoms with Crippen molar-refractivity contribution < 1.29 is 28.2 Å². The van der Waals surface area contributed by atoms with E-state index in [2.05, 4.69) is 15.0 Å². The molecule has 0 aliphatic rings. The molecule has 0 radical (unpaired) electrons. The van der Waals surface area contributed by atoms with E-state index in [-0.39, 0.29) is 11.6 Å². The Morgan fingerprint density at radius 2 is 1.85 bits per heavy atom. The third kappa shape index (κ3) is 6.02. The fourth-order valence-corrected chi connectivity index (χ4v) is 2.29. The van der Waals surface area contributed by atoms with Crippen LogP contribution < -0.4 is 10.1 Å². The van der Waals surface area contributed by atoms with Crippen molar-refractivity contribution in [2.45, 2.75) is 38.8 Å². The number of aromatic nitrogens is 1. The van der Waals surface area contributed by atoms with Crippen LogP contribution in [0.4, 0.5) is 4.79 Å². The molecular weight excluding hydrogens is 352 g/mol. The lowest BCUT2D eigenvalue weighted by Gasteiger charge is -2.22. The minimum absolute atomic E-state index is 0.0261. The highest BCUT2D eigenvalue weighted by atomic mass is 16.6. The number of rotatable bonds is 6. The Morgan fingerprint density at radius 1 is 1.19 bits per heavy atom. The number of ether oxygens (including phenoxy) is 3. The van der Waals surface area contributed by atoms with E-state index in [0.29, 0.717) is 6.42 Å². The lowest BCUT2D eigenvalue weighted by molar-refractivity contribution is 0.0495. The average Bonchev–Trinajstić information content (AvgIpc) is 3.09. The maximum atomic E-state index is 12.2. The molecule has 1 amide bonds. The summed E-state index contributed by atoms with van der Waals surface area (Å²) in [4.78, 5) is 28.0. The summed E-state index contributed by atoms with van der Waals surface area (Å²) >= 11 is 0. The normalized spacial score (nSPS) is 12.2. The molecule has 1 aromatic carbocycles. The van der Waals surface area contributed by atoms with Crippen LogP contribution in [0.25, 0.3) is 0 Å². The number of alkyl carbamates (subject to hydrolysis) is 1. The number of oxazole rings is 1. The number of nitrogens with zero attached hydrogens (tertiary/aromatic N) is 1. The maximum absolute atomic E-state index is 12.2. The van der Waals surface area contributed by atoms with Gasteiger partial charge in [0.1, 0.15) is 23.7 Å². The summed E-state index contributed by atoms with van der Waals surface area (Å²) in [7, 11) is 2.84. The Labute approximate surface area is 157 Å². The van der Waals surface area contributed by atoms with Gasteiger partial charge < -0.3 is 23.9 Å². The van der Waals surface area contributed by atoms with E-state index in [1.807, 2.05) is 24.3 Å². The van der Waals surface area contributed by atoms with Gasteiger partial charge in [0.2, 0.25) is 5.89 Å². The minimum atomic E-state index is -0.650. The monoisotopic (exact) mass is 376 g/mol. The topological polar surface area (TPSA) is 99.9 Å². The molecule has 8 nitrogen and oxygen atoms in total. The average molecular weight is 376 g/mol. The lowest BCUT2D eigenvalue weighted by atomic mass is 10.1. The van der Waals surface area contributed by atoms with Gasteiger partial charge in [0, 0.05) is 6.42 Å². The molecule has 0 saturated carbocycles. The highest BCUT2D eigenvalue weighted by molar-refractivity contribution is 5.86. The molecule has 1 atom stereocenters. The van der Waals surface area contributed by atoms with Crippen molar-refractivity contribution in [3.8, 4) is 5.75 Å². The van der Waals surface area contributed by atoms with Crippen molar-refractivity contribution in [1.82, 2.24) is 10.3 Å². The summed E-state index contributed by atoms with van der Waals surface area (Å²) in [5, 5.41) is 2.74. The molecule has 8 heteroatoms. The zero-order chi connectivity index (χ0) is 20.0. The molecule has 0 spiro atoms. The Morgan fingerprint density at radius 3 is 2.41 bits per heavy atom.